The third-order valence-electron chi connectivity index (χ3n) is 2.53. The van der Waals surface area contributed by atoms with Gasteiger partial charge in [-0.1, -0.05) is 6.07 Å². The summed E-state index contributed by atoms with van der Waals surface area (Å²) in [6.45, 7) is 0. The maximum absolute atomic E-state index is 7.61. The van der Waals surface area contributed by atoms with Crippen molar-refractivity contribution in [3.8, 4) is 11.5 Å². The zero-order valence-electron chi connectivity index (χ0n) is 10.3. The van der Waals surface area contributed by atoms with Crippen molar-refractivity contribution >= 4 is 33.5 Å². The van der Waals surface area contributed by atoms with E-state index in [-0.39, 0.29) is 5.84 Å². The van der Waals surface area contributed by atoms with E-state index in [1.807, 2.05) is 42.7 Å². The van der Waals surface area contributed by atoms with Gasteiger partial charge in [-0.15, -0.1) is 11.8 Å². The van der Waals surface area contributed by atoms with Crippen LogP contribution in [0.25, 0.3) is 0 Å². The van der Waals surface area contributed by atoms with Crippen LogP contribution in [0, 0.1) is 5.41 Å². The zero-order chi connectivity index (χ0) is 13.8. The standard InChI is InChI=1S/C14H13BrN2OS/c1-19-10-7-5-9(6-8-10)18-12-4-2-3-11(15)13(12)14(16)17/h2-8H,1H3,(H3,16,17). The Hall–Kier alpha value is -1.46. The van der Waals surface area contributed by atoms with E-state index in [9.17, 15) is 0 Å². The fraction of sp³-hybridized carbons (Fsp3) is 0.0714. The topological polar surface area (TPSA) is 59.1 Å². The van der Waals surface area contributed by atoms with Crippen LogP contribution in [-0.4, -0.2) is 12.1 Å². The van der Waals surface area contributed by atoms with Gasteiger partial charge in [0.05, 0.1) is 5.56 Å². The molecule has 0 saturated heterocycles. The van der Waals surface area contributed by atoms with Crippen molar-refractivity contribution in [1.82, 2.24) is 0 Å². The summed E-state index contributed by atoms with van der Waals surface area (Å²) >= 11 is 5.06. The Balaban J connectivity index is 2.32. The normalized spacial score (nSPS) is 10.2. The second-order valence-electron chi connectivity index (χ2n) is 3.80. The van der Waals surface area contributed by atoms with Crippen LogP contribution >= 0.6 is 27.7 Å². The van der Waals surface area contributed by atoms with E-state index >= 15 is 0 Å². The molecule has 0 heterocycles. The van der Waals surface area contributed by atoms with E-state index in [1.54, 1.807) is 17.8 Å². The monoisotopic (exact) mass is 336 g/mol. The highest BCUT2D eigenvalue weighted by molar-refractivity contribution is 9.10. The average Bonchev–Trinajstić information content (AvgIpc) is 2.39. The molecule has 0 saturated carbocycles. The van der Waals surface area contributed by atoms with Crippen LogP contribution in [0.1, 0.15) is 5.56 Å². The van der Waals surface area contributed by atoms with Crippen molar-refractivity contribution in [2.75, 3.05) is 6.26 Å². The molecule has 0 spiro atoms. The predicted octanol–water partition coefficient (Wildman–Crippen LogP) is 4.25. The quantitative estimate of drug-likeness (QED) is 0.498. The van der Waals surface area contributed by atoms with Gasteiger partial charge in [0.25, 0.3) is 0 Å². The smallest absolute Gasteiger partial charge is 0.139 e. The van der Waals surface area contributed by atoms with Crippen LogP contribution in [0.2, 0.25) is 0 Å². The first kappa shape index (κ1) is 14.0. The Morgan fingerprint density at radius 2 is 1.89 bits per heavy atom. The molecule has 0 amide bonds. The lowest BCUT2D eigenvalue weighted by atomic mass is 10.2. The highest BCUT2D eigenvalue weighted by Crippen LogP contribution is 2.31. The van der Waals surface area contributed by atoms with Crippen molar-refractivity contribution in [3.63, 3.8) is 0 Å². The molecule has 19 heavy (non-hydrogen) atoms. The maximum Gasteiger partial charge on any atom is 0.139 e. The number of hydrogen-bond acceptors (Lipinski definition) is 3. The van der Waals surface area contributed by atoms with Crippen LogP contribution < -0.4 is 10.5 Å². The van der Waals surface area contributed by atoms with Crippen LogP contribution in [0.3, 0.4) is 0 Å². The molecule has 0 aliphatic rings. The van der Waals surface area contributed by atoms with Crippen LogP contribution in [0.5, 0.6) is 11.5 Å². The number of thioether (sulfide) groups is 1. The summed E-state index contributed by atoms with van der Waals surface area (Å²) in [5, 5.41) is 7.61. The number of nitrogens with one attached hydrogen (secondary N) is 1. The van der Waals surface area contributed by atoms with Crippen LogP contribution in [0.4, 0.5) is 0 Å². The number of benzene rings is 2. The van der Waals surface area contributed by atoms with Gasteiger partial charge in [0.15, 0.2) is 0 Å². The summed E-state index contributed by atoms with van der Waals surface area (Å²) in [7, 11) is 0. The third kappa shape index (κ3) is 3.30. The number of ether oxygens (including phenoxy) is 1. The molecule has 98 valence electrons. The van der Waals surface area contributed by atoms with Gasteiger partial charge in [-0.05, 0) is 58.6 Å². The van der Waals surface area contributed by atoms with Crippen molar-refractivity contribution in [2.45, 2.75) is 4.90 Å². The molecule has 3 nitrogen and oxygen atoms in total. The number of hydrogen-bond donors (Lipinski definition) is 2. The first-order valence-electron chi connectivity index (χ1n) is 5.56. The van der Waals surface area contributed by atoms with E-state index in [0.717, 1.165) is 10.2 Å². The second kappa shape index (κ2) is 6.12. The summed E-state index contributed by atoms with van der Waals surface area (Å²) in [6.07, 6.45) is 2.03. The molecule has 0 aliphatic heterocycles. The summed E-state index contributed by atoms with van der Waals surface area (Å²) in [5.41, 5.74) is 6.15. The molecule has 2 aromatic rings. The van der Waals surface area contributed by atoms with Crippen molar-refractivity contribution < 1.29 is 4.74 Å². The van der Waals surface area contributed by atoms with E-state index in [4.69, 9.17) is 15.9 Å². The summed E-state index contributed by atoms with van der Waals surface area (Å²) in [4.78, 5) is 1.17. The fourth-order valence-electron chi connectivity index (χ4n) is 1.62. The number of rotatable bonds is 4. The molecule has 0 bridgehead atoms. The minimum absolute atomic E-state index is 0.0248. The van der Waals surface area contributed by atoms with Crippen molar-refractivity contribution in [1.29, 1.82) is 5.41 Å². The average molecular weight is 337 g/mol. The molecule has 0 atom stereocenters. The van der Waals surface area contributed by atoms with Gasteiger partial charge >= 0.3 is 0 Å². The lowest BCUT2D eigenvalue weighted by Gasteiger charge is -2.12. The molecule has 3 N–H and O–H groups in total. The number of nitrogens with two attached hydrogens (primary N) is 1. The molecular weight excluding hydrogens is 324 g/mol. The maximum atomic E-state index is 7.61. The molecule has 2 aromatic carbocycles. The van der Waals surface area contributed by atoms with Crippen molar-refractivity contribution in [3.05, 3.63) is 52.5 Å². The van der Waals surface area contributed by atoms with Gasteiger partial charge in [0, 0.05) is 9.37 Å². The summed E-state index contributed by atoms with van der Waals surface area (Å²) in [5.74, 6) is 1.26. The third-order valence-corrected chi connectivity index (χ3v) is 3.94. The molecule has 0 fully saturated rings. The number of halogens is 1. The Bertz CT molecular complexity index is 599. The minimum atomic E-state index is -0.0248. The number of nitrogen functional groups attached to an aromatic ring is 1. The molecular formula is C14H13BrN2OS. The lowest BCUT2D eigenvalue weighted by Crippen LogP contribution is -2.13. The van der Waals surface area contributed by atoms with Gasteiger partial charge in [-0.2, -0.15) is 0 Å². The first-order valence-corrected chi connectivity index (χ1v) is 7.58. The van der Waals surface area contributed by atoms with Gasteiger partial charge in [0.1, 0.15) is 17.3 Å². The Morgan fingerprint density at radius 3 is 2.47 bits per heavy atom. The Kier molecular flexibility index (Phi) is 4.50. The predicted molar refractivity (Wildman–Crippen MR) is 83.5 cm³/mol. The summed E-state index contributed by atoms with van der Waals surface area (Å²) in [6, 6.07) is 13.3. The zero-order valence-corrected chi connectivity index (χ0v) is 12.7. The first-order chi connectivity index (χ1) is 9.11. The molecule has 5 heteroatoms. The molecule has 2 rings (SSSR count). The van der Waals surface area contributed by atoms with E-state index in [2.05, 4.69) is 15.9 Å². The van der Waals surface area contributed by atoms with E-state index in [1.165, 1.54) is 4.90 Å². The lowest BCUT2D eigenvalue weighted by molar-refractivity contribution is 0.481. The highest BCUT2D eigenvalue weighted by atomic mass is 79.9. The second-order valence-corrected chi connectivity index (χ2v) is 5.54. The van der Waals surface area contributed by atoms with Crippen LogP contribution in [-0.2, 0) is 0 Å². The fourth-order valence-corrected chi connectivity index (χ4v) is 2.59. The Morgan fingerprint density at radius 1 is 1.21 bits per heavy atom. The van der Waals surface area contributed by atoms with Crippen molar-refractivity contribution in [2.24, 2.45) is 5.73 Å². The van der Waals surface area contributed by atoms with Gasteiger partial charge in [0.2, 0.25) is 0 Å². The molecule has 0 aliphatic carbocycles. The SMILES string of the molecule is CSc1ccc(Oc2cccc(Br)c2C(=N)N)cc1. The van der Waals surface area contributed by atoms with Crippen LogP contribution in [0.15, 0.2) is 51.8 Å². The minimum Gasteiger partial charge on any atom is -0.457 e. The highest BCUT2D eigenvalue weighted by Gasteiger charge is 2.11. The van der Waals surface area contributed by atoms with E-state index < -0.39 is 0 Å². The largest absolute Gasteiger partial charge is 0.457 e. The van der Waals surface area contributed by atoms with Gasteiger partial charge in [-0.25, -0.2) is 0 Å². The molecule has 0 unspecified atom stereocenters. The summed E-state index contributed by atoms with van der Waals surface area (Å²) < 4.78 is 6.54. The van der Waals surface area contributed by atoms with E-state index in [0.29, 0.717) is 11.3 Å². The van der Waals surface area contributed by atoms with Gasteiger partial charge in [-0.3, -0.25) is 5.41 Å². The molecule has 0 aromatic heterocycles. The number of amidine groups is 1. The molecule has 0 radical (unpaired) electrons. The van der Waals surface area contributed by atoms with Gasteiger partial charge < -0.3 is 10.5 Å². The Labute approximate surface area is 124 Å².